The number of halogens is 3. The predicted octanol–water partition coefficient (Wildman–Crippen LogP) is 2.16. The maximum atomic E-state index is 12.2. The summed E-state index contributed by atoms with van der Waals surface area (Å²) in [5.41, 5.74) is 0.918. The van der Waals surface area contributed by atoms with Crippen LogP contribution in [0, 0.1) is 0 Å². The van der Waals surface area contributed by atoms with E-state index in [-0.39, 0.29) is 6.54 Å². The molecule has 1 aromatic rings. The van der Waals surface area contributed by atoms with E-state index in [2.05, 4.69) is 10.3 Å². The number of pyridine rings is 1. The van der Waals surface area contributed by atoms with Gasteiger partial charge in [-0.2, -0.15) is 0 Å². The lowest BCUT2D eigenvalue weighted by Crippen LogP contribution is -2.25. The van der Waals surface area contributed by atoms with Crippen molar-refractivity contribution in [3.63, 3.8) is 0 Å². The van der Waals surface area contributed by atoms with Crippen molar-refractivity contribution in [3.8, 4) is 0 Å². The second kappa shape index (κ2) is 5.96. The average molecular weight is 250 g/mol. The molecule has 0 aliphatic heterocycles. The minimum absolute atomic E-state index is 0.377. The zero-order valence-corrected chi connectivity index (χ0v) is 9.93. The lowest BCUT2D eigenvalue weighted by atomic mass is 10.3. The molecule has 1 N–H and O–H groups in total. The molecule has 0 amide bonds. The quantitative estimate of drug-likeness (QED) is 0.867. The minimum atomic E-state index is -2.40. The Morgan fingerprint density at radius 3 is 2.75 bits per heavy atom. The number of rotatable bonds is 5. The van der Waals surface area contributed by atoms with Gasteiger partial charge in [0.25, 0.3) is 6.43 Å². The number of aromatic nitrogens is 1. The SMILES string of the molecule is CNCc1cnc(N(C)CC(F)F)c(Cl)c1. The molecule has 0 aromatic carbocycles. The summed E-state index contributed by atoms with van der Waals surface area (Å²) in [5.74, 6) is 0.377. The van der Waals surface area contributed by atoms with Gasteiger partial charge in [0.05, 0.1) is 11.6 Å². The standard InChI is InChI=1S/C10H14ClF2N3/c1-14-4-7-3-8(11)10(15-5-7)16(2)6-9(12)13/h3,5,9,14H,4,6H2,1-2H3. The number of anilines is 1. The third-order valence-electron chi connectivity index (χ3n) is 2.03. The van der Waals surface area contributed by atoms with Gasteiger partial charge in [0.2, 0.25) is 0 Å². The van der Waals surface area contributed by atoms with Crippen LogP contribution < -0.4 is 10.2 Å². The molecule has 16 heavy (non-hydrogen) atoms. The van der Waals surface area contributed by atoms with Crippen LogP contribution in [0.1, 0.15) is 5.56 Å². The van der Waals surface area contributed by atoms with Gasteiger partial charge >= 0.3 is 0 Å². The van der Waals surface area contributed by atoms with Crippen LogP contribution in [-0.2, 0) is 6.54 Å². The van der Waals surface area contributed by atoms with Gasteiger partial charge in [-0.1, -0.05) is 11.6 Å². The molecule has 1 heterocycles. The number of nitrogens with zero attached hydrogens (tertiary/aromatic N) is 2. The van der Waals surface area contributed by atoms with Crippen LogP contribution in [0.2, 0.25) is 5.02 Å². The van der Waals surface area contributed by atoms with Crippen LogP contribution >= 0.6 is 11.6 Å². The van der Waals surface area contributed by atoms with Gasteiger partial charge in [-0.15, -0.1) is 0 Å². The van der Waals surface area contributed by atoms with Crippen LogP contribution in [0.3, 0.4) is 0 Å². The fourth-order valence-electron chi connectivity index (χ4n) is 1.35. The second-order valence-electron chi connectivity index (χ2n) is 3.45. The molecule has 6 heteroatoms. The lowest BCUT2D eigenvalue weighted by molar-refractivity contribution is 0.156. The van der Waals surface area contributed by atoms with Gasteiger partial charge in [-0.3, -0.25) is 0 Å². The van der Waals surface area contributed by atoms with Crippen molar-refractivity contribution in [2.75, 3.05) is 25.5 Å². The van der Waals surface area contributed by atoms with Crippen molar-refractivity contribution in [2.24, 2.45) is 0 Å². The van der Waals surface area contributed by atoms with E-state index in [9.17, 15) is 8.78 Å². The van der Waals surface area contributed by atoms with Crippen molar-refractivity contribution in [3.05, 3.63) is 22.8 Å². The molecule has 1 rings (SSSR count). The molecule has 0 bridgehead atoms. The second-order valence-corrected chi connectivity index (χ2v) is 3.86. The Morgan fingerprint density at radius 2 is 2.25 bits per heavy atom. The zero-order valence-electron chi connectivity index (χ0n) is 9.17. The number of hydrogen-bond donors (Lipinski definition) is 1. The summed E-state index contributed by atoms with van der Waals surface area (Å²) < 4.78 is 24.4. The first-order valence-corrected chi connectivity index (χ1v) is 5.20. The lowest BCUT2D eigenvalue weighted by Gasteiger charge is -2.19. The molecule has 90 valence electrons. The van der Waals surface area contributed by atoms with Gasteiger partial charge in [-0.05, 0) is 18.7 Å². The van der Waals surface area contributed by atoms with E-state index in [0.29, 0.717) is 17.4 Å². The molecule has 0 unspecified atom stereocenters. The van der Waals surface area contributed by atoms with Crippen molar-refractivity contribution < 1.29 is 8.78 Å². The monoisotopic (exact) mass is 249 g/mol. The van der Waals surface area contributed by atoms with Gasteiger partial charge in [-0.25, -0.2) is 13.8 Å². The summed E-state index contributed by atoms with van der Waals surface area (Å²) in [6.45, 7) is 0.268. The van der Waals surface area contributed by atoms with E-state index < -0.39 is 6.43 Å². The molecule has 1 aromatic heterocycles. The van der Waals surface area contributed by atoms with Gasteiger partial charge in [0.1, 0.15) is 5.82 Å². The molecule has 0 aliphatic carbocycles. The average Bonchev–Trinajstić information content (AvgIpc) is 2.16. The molecule has 0 radical (unpaired) electrons. The van der Waals surface area contributed by atoms with Gasteiger partial charge < -0.3 is 10.2 Å². The summed E-state index contributed by atoms with van der Waals surface area (Å²) in [5, 5.41) is 3.34. The Hall–Kier alpha value is -0.940. The van der Waals surface area contributed by atoms with Crippen molar-refractivity contribution >= 4 is 17.4 Å². The molecular formula is C10H14ClF2N3. The fourth-order valence-corrected chi connectivity index (χ4v) is 1.68. The highest BCUT2D eigenvalue weighted by Crippen LogP contribution is 2.23. The summed E-state index contributed by atoms with van der Waals surface area (Å²) in [4.78, 5) is 5.41. The van der Waals surface area contributed by atoms with Gasteiger partial charge in [0.15, 0.2) is 0 Å². The maximum Gasteiger partial charge on any atom is 0.255 e. The molecule has 3 nitrogen and oxygen atoms in total. The molecule has 0 saturated carbocycles. The van der Waals surface area contributed by atoms with E-state index >= 15 is 0 Å². The third-order valence-corrected chi connectivity index (χ3v) is 2.31. The number of hydrogen-bond acceptors (Lipinski definition) is 3. The van der Waals surface area contributed by atoms with Crippen LogP contribution in [0.5, 0.6) is 0 Å². The first kappa shape index (κ1) is 13.1. The Bertz CT molecular complexity index is 347. The van der Waals surface area contributed by atoms with E-state index in [1.165, 1.54) is 11.9 Å². The molecule has 0 atom stereocenters. The highest BCUT2D eigenvalue weighted by Gasteiger charge is 2.13. The van der Waals surface area contributed by atoms with Crippen LogP contribution in [0.4, 0.5) is 14.6 Å². The topological polar surface area (TPSA) is 28.2 Å². The number of nitrogens with one attached hydrogen (secondary N) is 1. The highest BCUT2D eigenvalue weighted by molar-refractivity contribution is 6.33. The summed E-state index contributed by atoms with van der Waals surface area (Å²) in [6.07, 6.45) is -0.778. The van der Waals surface area contributed by atoms with Crippen molar-refractivity contribution in [1.29, 1.82) is 0 Å². The first-order chi connectivity index (χ1) is 7.54. The largest absolute Gasteiger partial charge is 0.353 e. The van der Waals surface area contributed by atoms with Crippen molar-refractivity contribution in [2.45, 2.75) is 13.0 Å². The normalized spacial score (nSPS) is 10.9. The van der Waals surface area contributed by atoms with Crippen LogP contribution in [-0.4, -0.2) is 32.0 Å². The molecule has 0 saturated heterocycles. The third kappa shape index (κ3) is 3.57. The fraction of sp³-hybridized carbons (Fsp3) is 0.500. The maximum absolute atomic E-state index is 12.2. The molecule has 0 aliphatic rings. The Kier molecular flexibility index (Phi) is 4.89. The molecule has 0 fully saturated rings. The number of alkyl halides is 2. The molecule has 0 spiro atoms. The van der Waals surface area contributed by atoms with Crippen LogP contribution in [0.25, 0.3) is 0 Å². The highest BCUT2D eigenvalue weighted by atomic mass is 35.5. The minimum Gasteiger partial charge on any atom is -0.353 e. The zero-order chi connectivity index (χ0) is 12.1. The van der Waals surface area contributed by atoms with E-state index in [0.717, 1.165) is 5.56 Å². The summed E-state index contributed by atoms with van der Waals surface area (Å²) in [7, 11) is 3.35. The summed E-state index contributed by atoms with van der Waals surface area (Å²) >= 11 is 5.97. The van der Waals surface area contributed by atoms with Gasteiger partial charge in [0, 0.05) is 19.8 Å². The smallest absolute Gasteiger partial charge is 0.255 e. The predicted molar refractivity (Wildman–Crippen MR) is 61.3 cm³/mol. The van der Waals surface area contributed by atoms with Crippen molar-refractivity contribution in [1.82, 2.24) is 10.3 Å². The van der Waals surface area contributed by atoms with E-state index in [1.54, 1.807) is 12.3 Å². The summed E-state index contributed by atoms with van der Waals surface area (Å²) in [6, 6.07) is 1.72. The van der Waals surface area contributed by atoms with E-state index in [4.69, 9.17) is 11.6 Å². The first-order valence-electron chi connectivity index (χ1n) is 4.83. The Labute approximate surface area is 98.4 Å². The van der Waals surface area contributed by atoms with Crippen LogP contribution in [0.15, 0.2) is 12.3 Å². The Balaban J connectivity index is 2.81. The molecular weight excluding hydrogens is 236 g/mol. The Morgan fingerprint density at radius 1 is 1.56 bits per heavy atom. The van der Waals surface area contributed by atoms with E-state index in [1.807, 2.05) is 7.05 Å².